The summed E-state index contributed by atoms with van der Waals surface area (Å²) in [5, 5.41) is 6.33. The first-order valence-electron chi connectivity index (χ1n) is 7.30. The highest BCUT2D eigenvalue weighted by Crippen LogP contribution is 2.30. The van der Waals surface area contributed by atoms with Crippen molar-refractivity contribution in [3.8, 4) is 10.6 Å². The van der Waals surface area contributed by atoms with Crippen LogP contribution in [0.2, 0.25) is 5.02 Å². The van der Waals surface area contributed by atoms with Gasteiger partial charge in [-0.3, -0.25) is 4.79 Å². The van der Waals surface area contributed by atoms with Crippen molar-refractivity contribution < 1.29 is 9.53 Å². The maximum atomic E-state index is 12.0. The Hall–Kier alpha value is -1.43. The number of nitrogens with one attached hydrogen (secondary N) is 1. The predicted octanol–water partition coefficient (Wildman–Crippen LogP) is 3.30. The molecule has 0 saturated carbocycles. The number of hydrogen-bond donors (Lipinski definition) is 1. The van der Waals surface area contributed by atoms with Crippen molar-refractivity contribution in [2.24, 2.45) is 0 Å². The molecule has 116 valence electrons. The molecule has 22 heavy (non-hydrogen) atoms. The van der Waals surface area contributed by atoms with Crippen molar-refractivity contribution in [1.29, 1.82) is 0 Å². The van der Waals surface area contributed by atoms with E-state index in [-0.39, 0.29) is 18.4 Å². The third kappa shape index (κ3) is 3.85. The van der Waals surface area contributed by atoms with E-state index >= 15 is 0 Å². The SMILES string of the molecule is O=C(Cc1csc(-c2ccccc2Cl)n1)NC[C@H]1CCCO1. The van der Waals surface area contributed by atoms with Crippen LogP contribution in [-0.4, -0.2) is 30.1 Å². The van der Waals surface area contributed by atoms with Gasteiger partial charge in [0.15, 0.2) is 0 Å². The molecule has 1 atom stereocenters. The molecule has 0 bridgehead atoms. The second-order valence-electron chi connectivity index (χ2n) is 5.24. The second-order valence-corrected chi connectivity index (χ2v) is 6.51. The normalized spacial score (nSPS) is 17.6. The molecule has 2 aromatic rings. The molecule has 0 radical (unpaired) electrons. The summed E-state index contributed by atoms with van der Waals surface area (Å²) in [5.74, 6) is -0.0218. The lowest BCUT2D eigenvalue weighted by Crippen LogP contribution is -2.32. The van der Waals surface area contributed by atoms with Crippen LogP contribution in [0.4, 0.5) is 0 Å². The van der Waals surface area contributed by atoms with Gasteiger partial charge in [-0.1, -0.05) is 29.8 Å². The van der Waals surface area contributed by atoms with Crippen molar-refractivity contribution in [3.63, 3.8) is 0 Å². The van der Waals surface area contributed by atoms with Gasteiger partial charge in [0.1, 0.15) is 5.01 Å². The summed E-state index contributed by atoms with van der Waals surface area (Å²) in [5.41, 5.74) is 1.67. The average Bonchev–Trinajstić information content (AvgIpc) is 3.17. The van der Waals surface area contributed by atoms with Crippen molar-refractivity contribution in [1.82, 2.24) is 10.3 Å². The first-order chi connectivity index (χ1) is 10.7. The highest BCUT2D eigenvalue weighted by Gasteiger charge is 2.17. The Labute approximate surface area is 138 Å². The number of carbonyl (C=O) groups is 1. The van der Waals surface area contributed by atoms with E-state index in [1.807, 2.05) is 29.6 Å². The molecule has 4 nitrogen and oxygen atoms in total. The molecule has 1 N–H and O–H groups in total. The summed E-state index contributed by atoms with van der Waals surface area (Å²) in [7, 11) is 0. The average molecular weight is 337 g/mol. The van der Waals surface area contributed by atoms with Crippen LogP contribution in [-0.2, 0) is 16.0 Å². The van der Waals surface area contributed by atoms with Gasteiger partial charge in [0, 0.05) is 24.1 Å². The zero-order chi connectivity index (χ0) is 15.4. The minimum absolute atomic E-state index is 0.0218. The van der Waals surface area contributed by atoms with Crippen molar-refractivity contribution >= 4 is 28.8 Å². The zero-order valence-corrected chi connectivity index (χ0v) is 13.6. The topological polar surface area (TPSA) is 51.2 Å². The molecule has 6 heteroatoms. The summed E-state index contributed by atoms with van der Waals surface area (Å²) in [6.07, 6.45) is 2.55. The Balaban J connectivity index is 1.57. The Morgan fingerprint density at radius 1 is 1.45 bits per heavy atom. The van der Waals surface area contributed by atoms with Crippen LogP contribution >= 0.6 is 22.9 Å². The molecule has 2 heterocycles. The molecule has 1 aliphatic heterocycles. The van der Waals surface area contributed by atoms with Gasteiger partial charge >= 0.3 is 0 Å². The van der Waals surface area contributed by atoms with Gasteiger partial charge in [-0.25, -0.2) is 4.98 Å². The van der Waals surface area contributed by atoms with E-state index in [0.717, 1.165) is 35.7 Å². The maximum absolute atomic E-state index is 12.0. The molecule has 1 fully saturated rings. The number of benzene rings is 1. The Morgan fingerprint density at radius 2 is 2.32 bits per heavy atom. The van der Waals surface area contributed by atoms with Crippen LogP contribution in [0, 0.1) is 0 Å². The molecule has 0 unspecified atom stereocenters. The molecule has 1 amide bonds. The molecular weight excluding hydrogens is 320 g/mol. The number of halogens is 1. The van der Waals surface area contributed by atoms with E-state index in [4.69, 9.17) is 16.3 Å². The zero-order valence-electron chi connectivity index (χ0n) is 12.0. The minimum Gasteiger partial charge on any atom is -0.376 e. The summed E-state index contributed by atoms with van der Waals surface area (Å²) in [6, 6.07) is 7.59. The highest BCUT2D eigenvalue weighted by atomic mass is 35.5. The van der Waals surface area contributed by atoms with Crippen LogP contribution in [0.1, 0.15) is 18.5 Å². The van der Waals surface area contributed by atoms with Crippen molar-refractivity contribution in [3.05, 3.63) is 40.4 Å². The maximum Gasteiger partial charge on any atom is 0.226 e. The van der Waals surface area contributed by atoms with E-state index in [1.54, 1.807) is 0 Å². The standard InChI is InChI=1S/C16H17ClN2O2S/c17-14-6-2-1-5-13(14)16-19-11(10-22-16)8-15(20)18-9-12-4-3-7-21-12/h1-2,5-6,10,12H,3-4,7-9H2,(H,18,20)/t12-/m1/s1. The third-order valence-corrected chi connectivity index (χ3v) is 4.80. The van der Waals surface area contributed by atoms with Crippen molar-refractivity contribution in [2.45, 2.75) is 25.4 Å². The Morgan fingerprint density at radius 3 is 3.09 bits per heavy atom. The lowest BCUT2D eigenvalue weighted by molar-refractivity contribution is -0.121. The lowest BCUT2D eigenvalue weighted by atomic mass is 10.2. The van der Waals surface area contributed by atoms with Crippen LogP contribution < -0.4 is 5.32 Å². The second kappa shape index (κ2) is 7.22. The molecule has 1 aromatic carbocycles. The molecule has 0 aliphatic carbocycles. The number of hydrogen-bond acceptors (Lipinski definition) is 4. The van der Waals surface area contributed by atoms with Crippen molar-refractivity contribution in [2.75, 3.05) is 13.2 Å². The summed E-state index contributed by atoms with van der Waals surface area (Å²) < 4.78 is 5.49. The molecule has 1 aliphatic rings. The smallest absolute Gasteiger partial charge is 0.226 e. The van der Waals surface area contributed by atoms with Crippen LogP contribution in [0.15, 0.2) is 29.6 Å². The number of carbonyl (C=O) groups excluding carboxylic acids is 1. The van der Waals surface area contributed by atoms with Crippen LogP contribution in [0.25, 0.3) is 10.6 Å². The van der Waals surface area contributed by atoms with Gasteiger partial charge < -0.3 is 10.1 Å². The number of amides is 1. The van der Waals surface area contributed by atoms with Gasteiger partial charge in [0.2, 0.25) is 5.91 Å². The Kier molecular flexibility index (Phi) is 5.08. The van der Waals surface area contributed by atoms with E-state index in [1.165, 1.54) is 11.3 Å². The van der Waals surface area contributed by atoms with E-state index in [0.29, 0.717) is 11.6 Å². The monoisotopic (exact) mass is 336 g/mol. The molecule has 0 spiro atoms. The molecule has 3 rings (SSSR count). The quantitative estimate of drug-likeness (QED) is 0.911. The van der Waals surface area contributed by atoms with Crippen LogP contribution in [0.3, 0.4) is 0 Å². The number of thiazole rings is 1. The van der Waals surface area contributed by atoms with Crippen LogP contribution in [0.5, 0.6) is 0 Å². The fourth-order valence-electron chi connectivity index (χ4n) is 2.41. The van der Waals surface area contributed by atoms with Gasteiger partial charge in [-0.05, 0) is 18.9 Å². The number of aromatic nitrogens is 1. The molecular formula is C16H17ClN2O2S. The Bertz CT molecular complexity index is 653. The predicted molar refractivity (Wildman–Crippen MR) is 88.2 cm³/mol. The summed E-state index contributed by atoms with van der Waals surface area (Å²) in [6.45, 7) is 1.38. The first-order valence-corrected chi connectivity index (χ1v) is 8.56. The minimum atomic E-state index is -0.0218. The summed E-state index contributed by atoms with van der Waals surface area (Å²) >= 11 is 7.67. The fraction of sp³-hybridized carbons (Fsp3) is 0.375. The van der Waals surface area contributed by atoms with Gasteiger partial charge in [-0.2, -0.15) is 0 Å². The lowest BCUT2D eigenvalue weighted by Gasteiger charge is -2.09. The molecule has 1 aromatic heterocycles. The van der Waals surface area contributed by atoms with Gasteiger partial charge in [0.25, 0.3) is 0 Å². The van der Waals surface area contributed by atoms with Gasteiger partial charge in [-0.15, -0.1) is 11.3 Å². The summed E-state index contributed by atoms with van der Waals surface area (Å²) in [4.78, 5) is 16.5. The first kappa shape index (κ1) is 15.5. The largest absolute Gasteiger partial charge is 0.376 e. The van der Waals surface area contributed by atoms with E-state index in [2.05, 4.69) is 10.3 Å². The van der Waals surface area contributed by atoms with E-state index < -0.39 is 0 Å². The number of nitrogens with zero attached hydrogens (tertiary/aromatic N) is 1. The number of ether oxygens (including phenoxy) is 1. The highest BCUT2D eigenvalue weighted by molar-refractivity contribution is 7.13. The van der Waals surface area contributed by atoms with Gasteiger partial charge in [0.05, 0.1) is 23.2 Å². The molecule has 1 saturated heterocycles. The number of rotatable bonds is 5. The fourth-order valence-corrected chi connectivity index (χ4v) is 3.55. The van der Waals surface area contributed by atoms with E-state index in [9.17, 15) is 4.79 Å². The third-order valence-electron chi connectivity index (χ3n) is 3.55.